The molecule has 2 amide bonds. The van der Waals surface area contributed by atoms with Crippen LogP contribution >= 0.6 is 11.3 Å². The average Bonchev–Trinajstić information content (AvgIpc) is 3.38. The van der Waals surface area contributed by atoms with Crippen LogP contribution in [0.3, 0.4) is 0 Å². The number of pyridine rings is 1. The standard InChI is InChI=1S/C22H19N3O4S/c1-28-15-8-9-16(17(12-15)29-2)24-20-19(18-7-5-11-30-18)21(26)25(22(20)27)13-14-6-3-4-10-23-14/h3-12,24H,13H2,1-2H3. The number of benzene rings is 1. The smallest absolute Gasteiger partial charge is 0.278 e. The molecule has 2 aromatic heterocycles. The van der Waals surface area contributed by atoms with Crippen molar-refractivity contribution >= 4 is 34.4 Å². The molecule has 30 heavy (non-hydrogen) atoms. The van der Waals surface area contributed by atoms with Crippen LogP contribution in [-0.4, -0.2) is 35.9 Å². The summed E-state index contributed by atoms with van der Waals surface area (Å²) in [6, 6.07) is 14.3. The van der Waals surface area contributed by atoms with Crippen LogP contribution < -0.4 is 14.8 Å². The van der Waals surface area contributed by atoms with Gasteiger partial charge < -0.3 is 14.8 Å². The third-order valence-electron chi connectivity index (χ3n) is 4.65. The zero-order valence-electron chi connectivity index (χ0n) is 16.4. The van der Waals surface area contributed by atoms with Gasteiger partial charge >= 0.3 is 0 Å². The fourth-order valence-corrected chi connectivity index (χ4v) is 3.94. The molecule has 0 spiro atoms. The molecule has 1 N–H and O–H groups in total. The van der Waals surface area contributed by atoms with Crippen LogP contribution in [0.2, 0.25) is 0 Å². The molecule has 0 radical (unpaired) electrons. The number of imide groups is 1. The maximum absolute atomic E-state index is 13.2. The molecular weight excluding hydrogens is 402 g/mol. The number of thiophene rings is 1. The van der Waals surface area contributed by atoms with Crippen molar-refractivity contribution in [3.05, 3.63) is 76.4 Å². The molecule has 0 fully saturated rings. The monoisotopic (exact) mass is 421 g/mol. The van der Waals surface area contributed by atoms with Gasteiger partial charge in [-0.2, -0.15) is 0 Å². The lowest BCUT2D eigenvalue weighted by Gasteiger charge is -2.15. The molecular formula is C22H19N3O4S. The Bertz CT molecular complexity index is 1110. The first-order valence-electron chi connectivity index (χ1n) is 9.15. The van der Waals surface area contributed by atoms with Crippen molar-refractivity contribution in [2.45, 2.75) is 6.54 Å². The van der Waals surface area contributed by atoms with E-state index in [1.54, 1.807) is 43.6 Å². The first-order valence-corrected chi connectivity index (χ1v) is 10.0. The van der Waals surface area contributed by atoms with Crippen molar-refractivity contribution in [3.63, 3.8) is 0 Å². The minimum absolute atomic E-state index is 0.0955. The van der Waals surface area contributed by atoms with E-state index < -0.39 is 5.91 Å². The summed E-state index contributed by atoms with van der Waals surface area (Å²) in [6.45, 7) is 0.0955. The number of nitrogens with one attached hydrogen (secondary N) is 1. The Balaban J connectivity index is 1.73. The minimum atomic E-state index is -0.410. The molecule has 7 nitrogen and oxygen atoms in total. The summed E-state index contributed by atoms with van der Waals surface area (Å²) in [5.41, 5.74) is 1.74. The van der Waals surface area contributed by atoms with Gasteiger partial charge in [-0.05, 0) is 35.7 Å². The third-order valence-corrected chi connectivity index (χ3v) is 5.54. The topological polar surface area (TPSA) is 80.8 Å². The largest absolute Gasteiger partial charge is 0.497 e. The highest BCUT2D eigenvalue weighted by Gasteiger charge is 2.40. The molecule has 4 rings (SSSR count). The number of anilines is 1. The molecule has 3 heterocycles. The first-order chi connectivity index (χ1) is 14.6. The molecule has 0 bridgehead atoms. The molecule has 1 aromatic carbocycles. The minimum Gasteiger partial charge on any atom is -0.497 e. The molecule has 1 aliphatic rings. The molecule has 1 aliphatic heterocycles. The Morgan fingerprint density at radius 3 is 2.57 bits per heavy atom. The van der Waals surface area contributed by atoms with Gasteiger partial charge in [0.25, 0.3) is 11.8 Å². The van der Waals surface area contributed by atoms with Gasteiger partial charge in [0.1, 0.15) is 17.2 Å². The average molecular weight is 421 g/mol. The van der Waals surface area contributed by atoms with Crippen LogP contribution in [0.1, 0.15) is 10.6 Å². The highest BCUT2D eigenvalue weighted by Crippen LogP contribution is 2.36. The normalized spacial score (nSPS) is 13.7. The second kappa shape index (κ2) is 8.38. The van der Waals surface area contributed by atoms with Crippen LogP contribution in [0.5, 0.6) is 11.5 Å². The van der Waals surface area contributed by atoms with Crippen LogP contribution in [0.15, 0.2) is 65.8 Å². The predicted octanol–water partition coefficient (Wildman–Crippen LogP) is 3.55. The van der Waals surface area contributed by atoms with Crippen LogP contribution in [0.4, 0.5) is 5.69 Å². The number of amides is 2. The predicted molar refractivity (Wildman–Crippen MR) is 114 cm³/mol. The van der Waals surface area contributed by atoms with E-state index >= 15 is 0 Å². The second-order valence-corrected chi connectivity index (χ2v) is 7.38. The van der Waals surface area contributed by atoms with Crippen LogP contribution in [0, 0.1) is 0 Å². The number of carbonyl (C=O) groups excluding carboxylic acids is 2. The summed E-state index contributed by atoms with van der Waals surface area (Å²) in [4.78, 5) is 32.6. The number of methoxy groups -OCH3 is 2. The van der Waals surface area contributed by atoms with E-state index in [0.29, 0.717) is 33.3 Å². The number of nitrogens with zero attached hydrogens (tertiary/aromatic N) is 2. The van der Waals surface area contributed by atoms with Crippen molar-refractivity contribution < 1.29 is 19.1 Å². The van der Waals surface area contributed by atoms with E-state index in [1.807, 2.05) is 23.6 Å². The number of rotatable bonds is 7. The maximum atomic E-state index is 13.2. The number of aromatic nitrogens is 1. The Hall–Kier alpha value is -3.65. The quantitative estimate of drug-likeness (QED) is 0.588. The van der Waals surface area contributed by atoms with Gasteiger partial charge in [-0.3, -0.25) is 19.5 Å². The Labute approximate surface area is 177 Å². The summed E-state index contributed by atoms with van der Waals surface area (Å²) in [6.07, 6.45) is 1.63. The van der Waals surface area contributed by atoms with E-state index in [4.69, 9.17) is 9.47 Å². The van der Waals surface area contributed by atoms with E-state index in [9.17, 15) is 9.59 Å². The molecule has 3 aromatic rings. The van der Waals surface area contributed by atoms with Gasteiger partial charge in [-0.25, -0.2) is 0 Å². The molecule has 0 atom stereocenters. The lowest BCUT2D eigenvalue weighted by molar-refractivity contribution is -0.137. The SMILES string of the molecule is COc1ccc(NC2=C(c3cccs3)C(=O)N(Cc3ccccn3)C2=O)c(OC)c1. The van der Waals surface area contributed by atoms with Crippen molar-refractivity contribution in [2.75, 3.05) is 19.5 Å². The van der Waals surface area contributed by atoms with Crippen molar-refractivity contribution in [1.82, 2.24) is 9.88 Å². The molecule has 0 unspecified atom stereocenters. The molecule has 0 saturated carbocycles. The molecule has 0 saturated heterocycles. The van der Waals surface area contributed by atoms with Gasteiger partial charge in [-0.1, -0.05) is 12.1 Å². The highest BCUT2D eigenvalue weighted by atomic mass is 32.1. The van der Waals surface area contributed by atoms with Gasteiger partial charge in [-0.15, -0.1) is 11.3 Å². The van der Waals surface area contributed by atoms with Gasteiger partial charge in [0.05, 0.1) is 37.7 Å². The molecule has 152 valence electrons. The summed E-state index contributed by atoms with van der Waals surface area (Å²) < 4.78 is 10.7. The number of ether oxygens (including phenoxy) is 2. The number of hydrogen-bond donors (Lipinski definition) is 1. The highest BCUT2D eigenvalue weighted by molar-refractivity contribution is 7.11. The summed E-state index contributed by atoms with van der Waals surface area (Å²) in [7, 11) is 3.09. The molecule has 0 aliphatic carbocycles. The fraction of sp³-hybridized carbons (Fsp3) is 0.136. The van der Waals surface area contributed by atoms with E-state index in [-0.39, 0.29) is 18.1 Å². The van der Waals surface area contributed by atoms with E-state index in [2.05, 4.69) is 10.3 Å². The zero-order chi connectivity index (χ0) is 21.1. The van der Waals surface area contributed by atoms with Crippen molar-refractivity contribution in [1.29, 1.82) is 0 Å². The lowest BCUT2D eigenvalue weighted by atomic mass is 10.1. The van der Waals surface area contributed by atoms with Crippen LogP contribution in [0.25, 0.3) is 5.57 Å². The van der Waals surface area contributed by atoms with Crippen molar-refractivity contribution in [2.24, 2.45) is 0 Å². The van der Waals surface area contributed by atoms with E-state index in [0.717, 1.165) is 0 Å². The van der Waals surface area contributed by atoms with Gasteiger partial charge in [0.15, 0.2) is 0 Å². The summed E-state index contributed by atoms with van der Waals surface area (Å²) >= 11 is 1.40. The zero-order valence-corrected chi connectivity index (χ0v) is 17.2. The Kier molecular flexibility index (Phi) is 5.49. The third kappa shape index (κ3) is 3.65. The van der Waals surface area contributed by atoms with Crippen molar-refractivity contribution in [3.8, 4) is 11.5 Å². The van der Waals surface area contributed by atoms with E-state index in [1.165, 1.54) is 23.3 Å². The van der Waals surface area contributed by atoms with Gasteiger partial charge in [0, 0.05) is 17.1 Å². The van der Waals surface area contributed by atoms with Crippen LogP contribution in [-0.2, 0) is 16.1 Å². The number of carbonyl (C=O) groups is 2. The molecule has 8 heteroatoms. The lowest BCUT2D eigenvalue weighted by Crippen LogP contribution is -2.32. The number of hydrogen-bond acceptors (Lipinski definition) is 7. The first kappa shape index (κ1) is 19.7. The Morgan fingerprint density at radius 2 is 1.90 bits per heavy atom. The maximum Gasteiger partial charge on any atom is 0.278 e. The summed E-state index contributed by atoms with van der Waals surface area (Å²) in [5, 5.41) is 4.99. The van der Waals surface area contributed by atoms with Gasteiger partial charge in [0.2, 0.25) is 0 Å². The fourth-order valence-electron chi connectivity index (χ4n) is 3.18. The Morgan fingerprint density at radius 1 is 1.03 bits per heavy atom. The second-order valence-electron chi connectivity index (χ2n) is 6.44. The summed E-state index contributed by atoms with van der Waals surface area (Å²) in [5.74, 6) is 0.348.